The molecule has 0 spiro atoms. The van der Waals surface area contributed by atoms with Gasteiger partial charge in [-0.15, -0.1) is 0 Å². The number of nitrogens with zero attached hydrogens (tertiary/aromatic N) is 2. The van der Waals surface area contributed by atoms with Crippen molar-refractivity contribution < 1.29 is 8.42 Å². The zero-order valence-electron chi connectivity index (χ0n) is 11.0. The van der Waals surface area contributed by atoms with Crippen LogP contribution < -0.4 is 5.32 Å². The molecule has 18 heavy (non-hydrogen) atoms. The summed E-state index contributed by atoms with van der Waals surface area (Å²) in [5.74, 6) is 0.697. The molecule has 0 bridgehead atoms. The van der Waals surface area contributed by atoms with Crippen LogP contribution in [0, 0.1) is 0 Å². The van der Waals surface area contributed by atoms with Crippen LogP contribution in [-0.4, -0.2) is 47.9 Å². The van der Waals surface area contributed by atoms with Gasteiger partial charge in [0.1, 0.15) is 5.82 Å². The third-order valence-electron chi connectivity index (χ3n) is 3.09. The molecule has 2 heterocycles. The minimum absolute atomic E-state index is 0.192. The summed E-state index contributed by atoms with van der Waals surface area (Å²) < 4.78 is 26.4. The summed E-state index contributed by atoms with van der Waals surface area (Å²) in [6.45, 7) is 7.56. The third kappa shape index (κ3) is 2.57. The normalized spacial score (nSPS) is 21.1. The maximum absolute atomic E-state index is 12.4. The Hall–Kier alpha value is -0.920. The molecule has 1 aliphatic rings. The van der Waals surface area contributed by atoms with E-state index in [1.165, 1.54) is 10.5 Å². The van der Waals surface area contributed by atoms with Gasteiger partial charge in [0.15, 0.2) is 5.03 Å². The predicted octanol–water partition coefficient (Wildman–Crippen LogP) is 0.345. The number of imidazole rings is 1. The summed E-state index contributed by atoms with van der Waals surface area (Å²) in [5, 5.41) is 3.49. The molecule has 0 unspecified atom stereocenters. The number of nitrogens with one attached hydrogen (secondary N) is 2. The molecular formula is C11H20N4O2S. The Balaban J connectivity index is 2.25. The van der Waals surface area contributed by atoms with Gasteiger partial charge in [0.05, 0.1) is 6.20 Å². The lowest BCUT2D eigenvalue weighted by atomic mass is 10.0. The summed E-state index contributed by atoms with van der Waals surface area (Å²) in [5.41, 5.74) is -0.196. The predicted molar refractivity (Wildman–Crippen MR) is 68.8 cm³/mol. The highest BCUT2D eigenvalue weighted by Gasteiger charge is 2.34. The Morgan fingerprint density at radius 3 is 2.78 bits per heavy atom. The minimum Gasteiger partial charge on any atom is -0.332 e. The van der Waals surface area contributed by atoms with Crippen molar-refractivity contribution in [3.05, 3.63) is 12.0 Å². The Morgan fingerprint density at radius 1 is 1.50 bits per heavy atom. The average Bonchev–Trinajstić information content (AvgIpc) is 2.76. The summed E-state index contributed by atoms with van der Waals surface area (Å²) in [6.07, 6.45) is 2.10. The van der Waals surface area contributed by atoms with Crippen LogP contribution in [0.25, 0.3) is 0 Å². The van der Waals surface area contributed by atoms with Crippen LogP contribution >= 0.6 is 0 Å². The second-order valence-corrected chi connectivity index (χ2v) is 7.10. The summed E-state index contributed by atoms with van der Waals surface area (Å²) in [6, 6.07) is 0. The molecule has 2 N–H and O–H groups in total. The first-order valence-electron chi connectivity index (χ1n) is 6.14. The van der Waals surface area contributed by atoms with Crippen molar-refractivity contribution in [3.63, 3.8) is 0 Å². The van der Waals surface area contributed by atoms with Crippen LogP contribution in [0.5, 0.6) is 0 Å². The topological polar surface area (TPSA) is 78.1 Å². The van der Waals surface area contributed by atoms with Gasteiger partial charge in [-0.25, -0.2) is 13.4 Å². The fourth-order valence-corrected chi connectivity index (χ4v) is 3.63. The van der Waals surface area contributed by atoms with E-state index in [1.54, 1.807) is 0 Å². The second-order valence-electron chi connectivity index (χ2n) is 5.20. The molecule has 1 fully saturated rings. The van der Waals surface area contributed by atoms with Crippen molar-refractivity contribution in [1.82, 2.24) is 19.6 Å². The van der Waals surface area contributed by atoms with Crippen molar-refractivity contribution in [2.24, 2.45) is 0 Å². The molecule has 1 saturated heterocycles. The number of sulfonamides is 1. The SMILES string of the molecule is CCc1ncc(S(=O)(=O)N2CCNC(C)(C)C2)[nH]1. The van der Waals surface area contributed by atoms with Gasteiger partial charge in [-0.2, -0.15) is 4.31 Å². The van der Waals surface area contributed by atoms with Crippen LogP contribution in [0.3, 0.4) is 0 Å². The maximum Gasteiger partial charge on any atom is 0.260 e. The van der Waals surface area contributed by atoms with Gasteiger partial charge < -0.3 is 10.3 Å². The van der Waals surface area contributed by atoms with Gasteiger partial charge in [0.25, 0.3) is 10.0 Å². The van der Waals surface area contributed by atoms with E-state index in [-0.39, 0.29) is 10.6 Å². The number of aryl methyl sites for hydroxylation is 1. The number of H-pyrrole nitrogens is 1. The van der Waals surface area contributed by atoms with Crippen molar-refractivity contribution in [1.29, 1.82) is 0 Å². The van der Waals surface area contributed by atoms with Gasteiger partial charge in [0, 0.05) is 31.6 Å². The van der Waals surface area contributed by atoms with Gasteiger partial charge in [-0.05, 0) is 13.8 Å². The molecule has 0 radical (unpaired) electrons. The van der Waals surface area contributed by atoms with Crippen molar-refractivity contribution in [2.45, 2.75) is 37.8 Å². The lowest BCUT2D eigenvalue weighted by Gasteiger charge is -2.37. The maximum atomic E-state index is 12.4. The molecule has 1 aliphatic heterocycles. The lowest BCUT2D eigenvalue weighted by Crippen LogP contribution is -2.58. The van der Waals surface area contributed by atoms with E-state index in [4.69, 9.17) is 0 Å². The smallest absolute Gasteiger partial charge is 0.260 e. The van der Waals surface area contributed by atoms with Gasteiger partial charge >= 0.3 is 0 Å². The summed E-state index contributed by atoms with van der Waals surface area (Å²) in [7, 11) is -3.45. The van der Waals surface area contributed by atoms with Crippen LogP contribution in [0.4, 0.5) is 0 Å². The van der Waals surface area contributed by atoms with E-state index in [9.17, 15) is 8.42 Å². The highest BCUT2D eigenvalue weighted by atomic mass is 32.2. The molecule has 1 aromatic rings. The zero-order chi connectivity index (χ0) is 13.4. The van der Waals surface area contributed by atoms with Crippen molar-refractivity contribution >= 4 is 10.0 Å². The molecule has 7 heteroatoms. The molecule has 0 saturated carbocycles. The minimum atomic E-state index is -3.45. The Bertz CT molecular complexity index is 521. The summed E-state index contributed by atoms with van der Waals surface area (Å²) in [4.78, 5) is 6.92. The third-order valence-corrected chi connectivity index (χ3v) is 4.85. The molecule has 0 aliphatic carbocycles. The van der Waals surface area contributed by atoms with Crippen LogP contribution in [0.1, 0.15) is 26.6 Å². The Labute approximate surface area is 108 Å². The van der Waals surface area contributed by atoms with E-state index < -0.39 is 10.0 Å². The van der Waals surface area contributed by atoms with Gasteiger partial charge in [0.2, 0.25) is 0 Å². The standard InChI is InChI=1S/C11H20N4O2S/c1-4-9-12-7-10(14-9)18(16,17)15-6-5-13-11(2,3)8-15/h7,13H,4-6,8H2,1-3H3,(H,12,14). The number of hydrogen-bond acceptors (Lipinski definition) is 4. The molecule has 6 nitrogen and oxygen atoms in total. The first-order chi connectivity index (χ1) is 8.35. The van der Waals surface area contributed by atoms with Crippen LogP contribution in [0.2, 0.25) is 0 Å². The Kier molecular flexibility index (Phi) is 3.48. The van der Waals surface area contributed by atoms with E-state index in [0.717, 1.165) is 0 Å². The number of piperazine rings is 1. The van der Waals surface area contributed by atoms with Crippen LogP contribution in [0.15, 0.2) is 11.2 Å². The first-order valence-corrected chi connectivity index (χ1v) is 7.58. The highest BCUT2D eigenvalue weighted by Crippen LogP contribution is 2.19. The van der Waals surface area contributed by atoms with E-state index >= 15 is 0 Å². The van der Waals surface area contributed by atoms with Crippen molar-refractivity contribution in [2.75, 3.05) is 19.6 Å². The fraction of sp³-hybridized carbons (Fsp3) is 0.727. The molecule has 0 aromatic carbocycles. The van der Waals surface area contributed by atoms with E-state index in [0.29, 0.717) is 31.9 Å². The van der Waals surface area contributed by atoms with Gasteiger partial charge in [-0.3, -0.25) is 0 Å². The number of aromatic nitrogens is 2. The van der Waals surface area contributed by atoms with E-state index in [2.05, 4.69) is 15.3 Å². The number of rotatable bonds is 3. The highest BCUT2D eigenvalue weighted by molar-refractivity contribution is 7.89. The fourth-order valence-electron chi connectivity index (χ4n) is 2.09. The molecular weight excluding hydrogens is 252 g/mol. The Morgan fingerprint density at radius 2 is 2.22 bits per heavy atom. The quantitative estimate of drug-likeness (QED) is 0.832. The summed E-state index contributed by atoms with van der Waals surface area (Å²) >= 11 is 0. The average molecular weight is 272 g/mol. The van der Waals surface area contributed by atoms with Gasteiger partial charge in [-0.1, -0.05) is 6.92 Å². The molecule has 1 aromatic heterocycles. The first kappa shape index (κ1) is 13.5. The monoisotopic (exact) mass is 272 g/mol. The zero-order valence-corrected chi connectivity index (χ0v) is 11.8. The van der Waals surface area contributed by atoms with E-state index in [1.807, 2.05) is 20.8 Å². The molecule has 0 atom stereocenters. The second kappa shape index (κ2) is 4.64. The molecule has 2 rings (SSSR count). The largest absolute Gasteiger partial charge is 0.332 e. The van der Waals surface area contributed by atoms with Crippen LogP contribution in [-0.2, 0) is 16.4 Å². The number of aromatic amines is 1. The molecule has 0 amide bonds. The van der Waals surface area contributed by atoms with Crippen molar-refractivity contribution in [3.8, 4) is 0 Å². The molecule has 102 valence electrons. The lowest BCUT2D eigenvalue weighted by molar-refractivity contribution is 0.233. The number of hydrogen-bond donors (Lipinski definition) is 2.